The molecule has 1 aliphatic rings. The molecule has 2 rings (SSSR count). The van der Waals surface area contributed by atoms with E-state index in [1.165, 1.54) is 43.4 Å². The Morgan fingerprint density at radius 1 is 1.30 bits per heavy atom. The summed E-state index contributed by atoms with van der Waals surface area (Å²) < 4.78 is 0. The van der Waals surface area contributed by atoms with Crippen LogP contribution in [0, 0.1) is 0 Å². The van der Waals surface area contributed by atoms with Gasteiger partial charge in [-0.05, 0) is 43.5 Å². The second-order valence-corrected chi connectivity index (χ2v) is 7.45. The molecule has 0 radical (unpaired) electrons. The first-order valence-corrected chi connectivity index (χ1v) is 9.30. The van der Waals surface area contributed by atoms with E-state index in [1.54, 1.807) is 0 Å². The molecule has 0 amide bonds. The molecule has 20 heavy (non-hydrogen) atoms. The number of nitrogens with one attached hydrogen (secondary N) is 1. The van der Waals surface area contributed by atoms with Crippen LogP contribution in [-0.4, -0.2) is 23.6 Å². The first kappa shape index (κ1) is 16.2. The number of hydrogen-bond donors (Lipinski definition) is 1. The zero-order chi connectivity index (χ0) is 14.2. The molecule has 1 unspecified atom stereocenters. The van der Waals surface area contributed by atoms with Gasteiger partial charge >= 0.3 is 0 Å². The van der Waals surface area contributed by atoms with E-state index >= 15 is 0 Å². The largest absolute Gasteiger partial charge is 0.313 e. The van der Waals surface area contributed by atoms with E-state index in [-0.39, 0.29) is 0 Å². The maximum atomic E-state index is 6.08. The number of rotatable bonds is 7. The lowest BCUT2D eigenvalue weighted by atomic mass is 10.0. The van der Waals surface area contributed by atoms with Gasteiger partial charge in [0, 0.05) is 22.1 Å². The van der Waals surface area contributed by atoms with Gasteiger partial charge in [0.15, 0.2) is 0 Å². The molecule has 0 aromatic heterocycles. The van der Waals surface area contributed by atoms with Crippen LogP contribution in [0.1, 0.15) is 44.6 Å². The van der Waals surface area contributed by atoms with Crippen molar-refractivity contribution in [1.82, 2.24) is 5.32 Å². The number of likely N-dealkylation sites (N-methyl/N-ethyl adjacent to an activating group) is 1. The van der Waals surface area contributed by atoms with Crippen molar-refractivity contribution in [2.75, 3.05) is 12.3 Å². The predicted molar refractivity (Wildman–Crippen MR) is 92.0 cm³/mol. The molecule has 0 heterocycles. The first-order valence-electron chi connectivity index (χ1n) is 7.87. The van der Waals surface area contributed by atoms with Crippen LogP contribution in [0.3, 0.4) is 0 Å². The molecule has 1 atom stereocenters. The second kappa shape index (κ2) is 8.96. The molecule has 0 spiro atoms. The van der Waals surface area contributed by atoms with Crippen LogP contribution in [0.4, 0.5) is 0 Å². The van der Waals surface area contributed by atoms with E-state index in [0.717, 1.165) is 23.2 Å². The van der Waals surface area contributed by atoms with Gasteiger partial charge in [0.2, 0.25) is 0 Å². The van der Waals surface area contributed by atoms with Crippen molar-refractivity contribution >= 4 is 23.4 Å². The lowest BCUT2D eigenvalue weighted by Gasteiger charge is -2.24. The van der Waals surface area contributed by atoms with Gasteiger partial charge in [-0.25, -0.2) is 0 Å². The standard InChI is InChI=1S/C17H26ClNS/c1-2-19-16(12-14-7-6-8-15(18)11-14)13-20-17-9-4-3-5-10-17/h6-8,11,16-17,19H,2-5,9-10,12-13H2,1H3. The molecule has 0 bridgehead atoms. The van der Waals surface area contributed by atoms with Crippen molar-refractivity contribution in [2.45, 2.75) is 56.7 Å². The summed E-state index contributed by atoms with van der Waals surface area (Å²) >= 11 is 8.25. The number of thioether (sulfide) groups is 1. The molecular formula is C17H26ClNS. The first-order chi connectivity index (χ1) is 9.78. The Kier molecular flexibility index (Phi) is 7.26. The van der Waals surface area contributed by atoms with Gasteiger partial charge < -0.3 is 5.32 Å². The van der Waals surface area contributed by atoms with E-state index in [9.17, 15) is 0 Å². The van der Waals surface area contributed by atoms with E-state index < -0.39 is 0 Å². The average Bonchev–Trinajstić information content (AvgIpc) is 2.46. The van der Waals surface area contributed by atoms with Gasteiger partial charge in [-0.15, -0.1) is 0 Å². The Bertz CT molecular complexity index is 390. The van der Waals surface area contributed by atoms with Gasteiger partial charge in [-0.2, -0.15) is 11.8 Å². The molecule has 1 nitrogen and oxygen atoms in total. The van der Waals surface area contributed by atoms with Crippen LogP contribution in [0.15, 0.2) is 24.3 Å². The quantitative estimate of drug-likeness (QED) is 0.766. The Balaban J connectivity index is 1.82. The Labute approximate surface area is 132 Å². The molecule has 1 aromatic carbocycles. The van der Waals surface area contributed by atoms with E-state index in [2.05, 4.69) is 42.2 Å². The van der Waals surface area contributed by atoms with Crippen LogP contribution in [0.5, 0.6) is 0 Å². The summed E-state index contributed by atoms with van der Waals surface area (Å²) in [5.41, 5.74) is 1.34. The number of hydrogen-bond acceptors (Lipinski definition) is 2. The molecule has 1 fully saturated rings. The summed E-state index contributed by atoms with van der Waals surface area (Å²) in [5.74, 6) is 1.21. The fourth-order valence-corrected chi connectivity index (χ4v) is 4.53. The van der Waals surface area contributed by atoms with Gasteiger partial charge in [0.25, 0.3) is 0 Å². The third kappa shape index (κ3) is 5.67. The van der Waals surface area contributed by atoms with Crippen LogP contribution in [-0.2, 0) is 6.42 Å². The van der Waals surface area contributed by atoms with Gasteiger partial charge in [-0.1, -0.05) is 49.9 Å². The van der Waals surface area contributed by atoms with Crippen molar-refractivity contribution in [1.29, 1.82) is 0 Å². The Morgan fingerprint density at radius 3 is 2.80 bits per heavy atom. The normalized spacial score (nSPS) is 18.1. The number of benzene rings is 1. The summed E-state index contributed by atoms with van der Waals surface area (Å²) in [6.45, 7) is 3.23. The monoisotopic (exact) mass is 311 g/mol. The van der Waals surface area contributed by atoms with E-state index in [0.29, 0.717) is 6.04 Å². The molecule has 1 saturated carbocycles. The van der Waals surface area contributed by atoms with Gasteiger partial charge in [0.05, 0.1) is 0 Å². The van der Waals surface area contributed by atoms with Crippen LogP contribution in [0.2, 0.25) is 5.02 Å². The van der Waals surface area contributed by atoms with Crippen molar-refractivity contribution in [3.63, 3.8) is 0 Å². The van der Waals surface area contributed by atoms with E-state index in [4.69, 9.17) is 11.6 Å². The zero-order valence-corrected chi connectivity index (χ0v) is 14.0. The summed E-state index contributed by atoms with van der Waals surface area (Å²) in [5, 5.41) is 5.36. The Hall–Kier alpha value is -0.180. The molecule has 3 heteroatoms. The highest BCUT2D eigenvalue weighted by atomic mass is 35.5. The lowest BCUT2D eigenvalue weighted by molar-refractivity contribution is 0.513. The van der Waals surface area contributed by atoms with Crippen LogP contribution >= 0.6 is 23.4 Å². The predicted octanol–water partition coefficient (Wildman–Crippen LogP) is 4.93. The average molecular weight is 312 g/mol. The minimum atomic E-state index is 0.561. The lowest BCUT2D eigenvalue weighted by Crippen LogP contribution is -2.34. The summed E-state index contributed by atoms with van der Waals surface area (Å²) in [4.78, 5) is 0. The summed E-state index contributed by atoms with van der Waals surface area (Å²) in [6, 6.07) is 8.84. The molecule has 0 aliphatic heterocycles. The van der Waals surface area contributed by atoms with Crippen molar-refractivity contribution in [3.05, 3.63) is 34.9 Å². The fourth-order valence-electron chi connectivity index (χ4n) is 2.91. The maximum absolute atomic E-state index is 6.08. The summed E-state index contributed by atoms with van der Waals surface area (Å²) in [6.07, 6.45) is 8.21. The minimum absolute atomic E-state index is 0.561. The highest BCUT2D eigenvalue weighted by molar-refractivity contribution is 7.99. The highest BCUT2D eigenvalue weighted by Gasteiger charge is 2.16. The molecule has 1 N–H and O–H groups in total. The fraction of sp³-hybridized carbons (Fsp3) is 0.647. The van der Waals surface area contributed by atoms with Crippen LogP contribution in [0.25, 0.3) is 0 Å². The van der Waals surface area contributed by atoms with Crippen molar-refractivity contribution in [3.8, 4) is 0 Å². The number of halogens is 1. The molecule has 112 valence electrons. The van der Waals surface area contributed by atoms with Gasteiger partial charge in [-0.3, -0.25) is 0 Å². The van der Waals surface area contributed by atoms with E-state index in [1.807, 2.05) is 6.07 Å². The second-order valence-electron chi connectivity index (χ2n) is 5.68. The highest BCUT2D eigenvalue weighted by Crippen LogP contribution is 2.29. The maximum Gasteiger partial charge on any atom is 0.0408 e. The molecular weight excluding hydrogens is 286 g/mol. The minimum Gasteiger partial charge on any atom is -0.313 e. The third-order valence-electron chi connectivity index (χ3n) is 3.95. The molecule has 1 aliphatic carbocycles. The summed E-state index contributed by atoms with van der Waals surface area (Å²) in [7, 11) is 0. The van der Waals surface area contributed by atoms with Crippen LogP contribution < -0.4 is 5.32 Å². The molecule has 1 aromatic rings. The topological polar surface area (TPSA) is 12.0 Å². The third-order valence-corrected chi connectivity index (χ3v) is 5.72. The zero-order valence-electron chi connectivity index (χ0n) is 12.4. The van der Waals surface area contributed by atoms with Crippen molar-refractivity contribution in [2.24, 2.45) is 0 Å². The SMILES string of the molecule is CCNC(CSC1CCCCC1)Cc1cccc(Cl)c1. The van der Waals surface area contributed by atoms with Crippen molar-refractivity contribution < 1.29 is 0 Å². The van der Waals surface area contributed by atoms with Gasteiger partial charge in [0.1, 0.15) is 0 Å². The molecule has 0 saturated heterocycles. The Morgan fingerprint density at radius 2 is 2.10 bits per heavy atom. The smallest absolute Gasteiger partial charge is 0.0408 e.